The first-order chi connectivity index (χ1) is 7.17. The van der Waals surface area contributed by atoms with Crippen LogP contribution < -0.4 is 0 Å². The van der Waals surface area contributed by atoms with Crippen LogP contribution in [0.5, 0.6) is 0 Å². The zero-order valence-corrected chi connectivity index (χ0v) is 10.2. The average molecular weight is 244 g/mol. The van der Waals surface area contributed by atoms with E-state index in [1.54, 1.807) is 0 Å². The first-order valence-electron chi connectivity index (χ1n) is 4.54. The van der Waals surface area contributed by atoms with Crippen molar-refractivity contribution in [3.8, 4) is 0 Å². The van der Waals surface area contributed by atoms with Gasteiger partial charge < -0.3 is 4.74 Å². The molecule has 0 bridgehead atoms. The smallest absolute Gasteiger partial charge is 0.303 e. The van der Waals surface area contributed by atoms with E-state index in [2.05, 4.69) is 0 Å². The topological polar surface area (TPSA) is 43.4 Å². The fourth-order valence-electron chi connectivity index (χ4n) is 1.01. The summed E-state index contributed by atoms with van der Waals surface area (Å²) in [7, 11) is 0. The molecule has 1 aromatic rings. The van der Waals surface area contributed by atoms with E-state index in [9.17, 15) is 9.59 Å². The molecule has 15 heavy (non-hydrogen) atoms. The Bertz CT molecular complexity index is 346. The predicted octanol–water partition coefficient (Wildman–Crippen LogP) is 2.95. The van der Waals surface area contributed by atoms with E-state index in [0.717, 1.165) is 17.6 Å². The molecular weight excluding hydrogens is 232 g/mol. The molecule has 82 valence electrons. The molecule has 3 nitrogen and oxygen atoms in total. The normalized spacial score (nSPS) is 12.1. The van der Waals surface area contributed by atoms with Crippen LogP contribution in [0, 0.1) is 0 Å². The van der Waals surface area contributed by atoms with Crippen LogP contribution in [0.15, 0.2) is 16.3 Å². The molecule has 0 saturated heterocycles. The number of hydrogen-bond acceptors (Lipinski definition) is 5. The van der Waals surface area contributed by atoms with Crippen molar-refractivity contribution in [2.24, 2.45) is 0 Å². The molecule has 0 aliphatic heterocycles. The van der Waals surface area contributed by atoms with E-state index in [-0.39, 0.29) is 11.4 Å². The lowest BCUT2D eigenvalue weighted by Crippen LogP contribution is -2.11. The fraction of sp³-hybridized carbons (Fsp3) is 0.400. The van der Waals surface area contributed by atoms with Crippen LogP contribution in [-0.4, -0.2) is 17.7 Å². The highest BCUT2D eigenvalue weighted by molar-refractivity contribution is 8.00. The first kappa shape index (κ1) is 12.3. The maximum absolute atomic E-state index is 10.8. The second-order valence-corrected chi connectivity index (χ2v) is 4.98. The molecule has 5 heteroatoms. The van der Waals surface area contributed by atoms with Gasteiger partial charge in [0.2, 0.25) is 0 Å². The Hall–Kier alpha value is -0.810. The van der Waals surface area contributed by atoms with Crippen molar-refractivity contribution >= 4 is 35.4 Å². The van der Waals surface area contributed by atoms with Crippen molar-refractivity contribution in [1.29, 1.82) is 0 Å². The third-order valence-corrected chi connectivity index (χ3v) is 3.93. The molecular formula is C10H12O3S2. The molecule has 1 unspecified atom stereocenters. The molecule has 0 saturated carbocycles. The fourth-order valence-corrected chi connectivity index (χ4v) is 2.92. The maximum Gasteiger partial charge on any atom is 0.303 e. The molecule has 0 aliphatic carbocycles. The Morgan fingerprint density at radius 3 is 3.00 bits per heavy atom. The minimum absolute atomic E-state index is 0.212. The van der Waals surface area contributed by atoms with Gasteiger partial charge in [0, 0.05) is 11.8 Å². The van der Waals surface area contributed by atoms with E-state index >= 15 is 0 Å². The van der Waals surface area contributed by atoms with Crippen molar-refractivity contribution < 1.29 is 14.3 Å². The summed E-state index contributed by atoms with van der Waals surface area (Å²) in [6.07, 6.45) is 1.55. The summed E-state index contributed by atoms with van der Waals surface area (Å²) in [5.41, 5.74) is -0.212. The predicted molar refractivity (Wildman–Crippen MR) is 61.4 cm³/mol. The summed E-state index contributed by atoms with van der Waals surface area (Å²) in [4.78, 5) is 23.0. The number of thiophene rings is 1. The molecule has 0 amide bonds. The molecule has 1 atom stereocenters. The van der Waals surface area contributed by atoms with E-state index in [4.69, 9.17) is 4.74 Å². The number of esters is 1. The summed E-state index contributed by atoms with van der Waals surface area (Å²) in [6, 6.07) is 1.87. The number of rotatable bonds is 5. The van der Waals surface area contributed by atoms with Crippen molar-refractivity contribution in [2.45, 2.75) is 30.6 Å². The molecule has 0 aromatic carbocycles. The van der Waals surface area contributed by atoms with Crippen LogP contribution in [0.2, 0.25) is 0 Å². The Labute approximate surface area is 96.8 Å². The van der Waals surface area contributed by atoms with Gasteiger partial charge in [-0.1, -0.05) is 18.7 Å². The number of aldehydes is 1. The van der Waals surface area contributed by atoms with E-state index < -0.39 is 0 Å². The van der Waals surface area contributed by atoms with Gasteiger partial charge in [-0.15, -0.1) is 11.3 Å². The highest BCUT2D eigenvalue weighted by Gasteiger charge is 2.14. The van der Waals surface area contributed by atoms with Crippen molar-refractivity contribution in [3.05, 3.63) is 16.3 Å². The lowest BCUT2D eigenvalue weighted by atomic mass is 10.5. The van der Waals surface area contributed by atoms with Gasteiger partial charge in [-0.2, -0.15) is 0 Å². The molecule has 0 fully saturated rings. The number of carbonyl (C=O) groups is 2. The van der Waals surface area contributed by atoms with E-state index in [0.29, 0.717) is 4.88 Å². The van der Waals surface area contributed by atoms with E-state index in [1.807, 2.05) is 18.4 Å². The Morgan fingerprint density at radius 2 is 2.47 bits per heavy atom. The van der Waals surface area contributed by atoms with Gasteiger partial charge in [-0.3, -0.25) is 9.59 Å². The number of thioether (sulfide) groups is 1. The SMILES string of the molecule is CCC(OC(C)=O)Sc1ccsc1C=O. The van der Waals surface area contributed by atoms with Gasteiger partial charge in [0.05, 0.1) is 4.88 Å². The van der Waals surface area contributed by atoms with Gasteiger partial charge >= 0.3 is 5.97 Å². The van der Waals surface area contributed by atoms with Crippen LogP contribution in [0.1, 0.15) is 29.9 Å². The van der Waals surface area contributed by atoms with Gasteiger partial charge in [0.25, 0.3) is 0 Å². The monoisotopic (exact) mass is 244 g/mol. The zero-order chi connectivity index (χ0) is 11.3. The third-order valence-electron chi connectivity index (χ3n) is 1.65. The molecule has 0 radical (unpaired) electrons. The number of ether oxygens (including phenoxy) is 1. The average Bonchev–Trinajstić information content (AvgIpc) is 2.63. The Balaban J connectivity index is 2.65. The second kappa shape index (κ2) is 5.92. The zero-order valence-electron chi connectivity index (χ0n) is 8.56. The van der Waals surface area contributed by atoms with Gasteiger partial charge in [-0.25, -0.2) is 0 Å². The summed E-state index contributed by atoms with van der Waals surface area (Å²) >= 11 is 2.80. The quantitative estimate of drug-likeness (QED) is 0.346. The summed E-state index contributed by atoms with van der Waals surface area (Å²) in [5.74, 6) is -0.294. The number of hydrogen-bond donors (Lipinski definition) is 0. The van der Waals surface area contributed by atoms with Crippen LogP contribution in [0.4, 0.5) is 0 Å². The lowest BCUT2D eigenvalue weighted by Gasteiger charge is -2.13. The first-order valence-corrected chi connectivity index (χ1v) is 6.29. The van der Waals surface area contributed by atoms with Crippen LogP contribution >= 0.6 is 23.1 Å². The van der Waals surface area contributed by atoms with Crippen molar-refractivity contribution in [1.82, 2.24) is 0 Å². The van der Waals surface area contributed by atoms with E-state index in [1.165, 1.54) is 30.0 Å². The molecule has 1 aromatic heterocycles. The van der Waals surface area contributed by atoms with Crippen molar-refractivity contribution in [3.63, 3.8) is 0 Å². The van der Waals surface area contributed by atoms with Gasteiger partial charge in [0.1, 0.15) is 0 Å². The summed E-state index contributed by atoms with van der Waals surface area (Å²) in [6.45, 7) is 3.32. The largest absolute Gasteiger partial charge is 0.451 e. The molecule has 0 N–H and O–H groups in total. The Morgan fingerprint density at radius 1 is 1.73 bits per heavy atom. The van der Waals surface area contributed by atoms with Crippen LogP contribution in [0.3, 0.4) is 0 Å². The molecule has 1 rings (SSSR count). The third kappa shape index (κ3) is 3.68. The minimum Gasteiger partial charge on any atom is -0.451 e. The highest BCUT2D eigenvalue weighted by atomic mass is 32.2. The summed E-state index contributed by atoms with van der Waals surface area (Å²) < 4.78 is 5.09. The van der Waals surface area contributed by atoms with Gasteiger partial charge in [-0.05, 0) is 17.9 Å². The minimum atomic E-state index is -0.294. The van der Waals surface area contributed by atoms with Crippen LogP contribution in [0.25, 0.3) is 0 Å². The second-order valence-electron chi connectivity index (χ2n) is 2.83. The molecule has 0 aliphatic rings. The number of carbonyl (C=O) groups excluding carboxylic acids is 2. The Kier molecular flexibility index (Phi) is 4.84. The standard InChI is InChI=1S/C10H12O3S2/c1-3-10(13-7(2)12)15-8-4-5-14-9(8)6-11/h4-6,10H,3H2,1-2H3. The lowest BCUT2D eigenvalue weighted by molar-refractivity contribution is -0.142. The van der Waals surface area contributed by atoms with Crippen LogP contribution in [-0.2, 0) is 9.53 Å². The highest BCUT2D eigenvalue weighted by Crippen LogP contribution is 2.31. The maximum atomic E-state index is 10.8. The van der Waals surface area contributed by atoms with Gasteiger partial charge in [0.15, 0.2) is 11.7 Å². The van der Waals surface area contributed by atoms with Crippen molar-refractivity contribution in [2.75, 3.05) is 0 Å². The summed E-state index contributed by atoms with van der Waals surface area (Å²) in [5, 5.41) is 1.85. The molecule has 0 spiro atoms. The molecule has 1 heterocycles.